The summed E-state index contributed by atoms with van der Waals surface area (Å²) in [6.45, 7) is -0.168. The van der Waals surface area contributed by atoms with Crippen LogP contribution in [0, 0.1) is 11.6 Å². The number of nitrogens with two attached hydrogens (primary N) is 1. The molecular formula is C14H11F2NO3. The zero-order valence-corrected chi connectivity index (χ0v) is 10.3. The molecule has 0 atom stereocenters. The summed E-state index contributed by atoms with van der Waals surface area (Å²) in [6, 6.07) is 7.04. The number of benzene rings is 2. The molecule has 0 aromatic heterocycles. The van der Waals surface area contributed by atoms with E-state index in [1.54, 1.807) is 0 Å². The standard InChI is InChI=1S/C14H11F2NO3/c15-9-3-8(4-10(16)5-9)7-20-13-6-11(17)1-2-12(13)14(18)19/h1-6H,7,17H2,(H,18,19). The highest BCUT2D eigenvalue weighted by Gasteiger charge is 2.12. The van der Waals surface area contributed by atoms with Crippen LogP contribution in [0.3, 0.4) is 0 Å². The van der Waals surface area contributed by atoms with Gasteiger partial charge < -0.3 is 15.6 Å². The minimum Gasteiger partial charge on any atom is -0.488 e. The van der Waals surface area contributed by atoms with Crippen molar-refractivity contribution in [3.8, 4) is 5.75 Å². The highest BCUT2D eigenvalue weighted by molar-refractivity contribution is 5.91. The average molecular weight is 279 g/mol. The lowest BCUT2D eigenvalue weighted by Crippen LogP contribution is -2.04. The Morgan fingerprint density at radius 2 is 1.80 bits per heavy atom. The third-order valence-electron chi connectivity index (χ3n) is 2.55. The third kappa shape index (κ3) is 3.23. The quantitative estimate of drug-likeness (QED) is 0.844. The minimum atomic E-state index is -1.18. The van der Waals surface area contributed by atoms with E-state index in [-0.39, 0.29) is 23.5 Å². The first-order chi connectivity index (χ1) is 9.45. The molecule has 0 saturated heterocycles. The largest absolute Gasteiger partial charge is 0.488 e. The Morgan fingerprint density at radius 1 is 1.15 bits per heavy atom. The maximum Gasteiger partial charge on any atom is 0.339 e. The Bertz CT molecular complexity index is 639. The van der Waals surface area contributed by atoms with Crippen LogP contribution in [0.15, 0.2) is 36.4 Å². The Kier molecular flexibility index (Phi) is 3.84. The zero-order chi connectivity index (χ0) is 14.7. The maximum atomic E-state index is 13.0. The predicted octanol–water partition coefficient (Wildman–Crippen LogP) is 2.82. The van der Waals surface area contributed by atoms with Gasteiger partial charge in [-0.15, -0.1) is 0 Å². The number of rotatable bonds is 4. The van der Waals surface area contributed by atoms with Gasteiger partial charge in [0.05, 0.1) is 0 Å². The number of carboxylic acids is 1. The smallest absolute Gasteiger partial charge is 0.339 e. The van der Waals surface area contributed by atoms with E-state index in [2.05, 4.69) is 0 Å². The molecule has 2 aromatic carbocycles. The molecule has 0 heterocycles. The zero-order valence-electron chi connectivity index (χ0n) is 10.3. The van der Waals surface area contributed by atoms with E-state index in [1.807, 2.05) is 0 Å². The Morgan fingerprint density at radius 3 is 2.40 bits per heavy atom. The molecule has 20 heavy (non-hydrogen) atoms. The van der Waals surface area contributed by atoms with Crippen LogP contribution in [-0.4, -0.2) is 11.1 Å². The molecule has 2 rings (SSSR count). The number of carbonyl (C=O) groups is 1. The van der Waals surface area contributed by atoms with Crippen molar-refractivity contribution in [1.82, 2.24) is 0 Å². The summed E-state index contributed by atoms with van der Waals surface area (Å²) in [7, 11) is 0. The summed E-state index contributed by atoms with van der Waals surface area (Å²) in [5.41, 5.74) is 6.06. The van der Waals surface area contributed by atoms with Gasteiger partial charge >= 0.3 is 5.97 Å². The SMILES string of the molecule is Nc1ccc(C(=O)O)c(OCc2cc(F)cc(F)c2)c1. The van der Waals surface area contributed by atoms with Crippen LogP contribution >= 0.6 is 0 Å². The number of hydrogen-bond donors (Lipinski definition) is 2. The summed E-state index contributed by atoms with van der Waals surface area (Å²) in [5, 5.41) is 9.00. The van der Waals surface area contributed by atoms with Crippen molar-refractivity contribution in [1.29, 1.82) is 0 Å². The molecule has 0 aliphatic carbocycles. The van der Waals surface area contributed by atoms with E-state index >= 15 is 0 Å². The Balaban J connectivity index is 2.22. The van der Waals surface area contributed by atoms with Gasteiger partial charge in [-0.05, 0) is 29.8 Å². The molecule has 3 N–H and O–H groups in total. The maximum absolute atomic E-state index is 13.0. The fraction of sp³-hybridized carbons (Fsp3) is 0.0714. The topological polar surface area (TPSA) is 72.6 Å². The lowest BCUT2D eigenvalue weighted by molar-refractivity contribution is 0.0692. The predicted molar refractivity (Wildman–Crippen MR) is 68.5 cm³/mol. The van der Waals surface area contributed by atoms with E-state index in [4.69, 9.17) is 15.6 Å². The summed E-state index contributed by atoms with van der Waals surface area (Å²) in [5.74, 6) is -2.59. The van der Waals surface area contributed by atoms with Gasteiger partial charge in [0.15, 0.2) is 0 Å². The molecule has 0 bridgehead atoms. The van der Waals surface area contributed by atoms with Gasteiger partial charge in [-0.1, -0.05) is 0 Å². The van der Waals surface area contributed by atoms with Gasteiger partial charge in [-0.25, -0.2) is 13.6 Å². The molecule has 0 unspecified atom stereocenters. The number of carboxylic acid groups (broad SMARTS) is 1. The third-order valence-corrected chi connectivity index (χ3v) is 2.55. The molecule has 6 heteroatoms. The first-order valence-electron chi connectivity index (χ1n) is 5.66. The summed E-state index contributed by atoms with van der Waals surface area (Å²) < 4.78 is 31.3. The number of aromatic carboxylic acids is 1. The Hall–Kier alpha value is -2.63. The molecule has 0 aliphatic rings. The normalized spacial score (nSPS) is 10.3. The molecule has 0 amide bonds. The molecule has 104 valence electrons. The lowest BCUT2D eigenvalue weighted by Gasteiger charge is -2.10. The van der Waals surface area contributed by atoms with Crippen LogP contribution < -0.4 is 10.5 Å². The van der Waals surface area contributed by atoms with E-state index in [0.29, 0.717) is 5.69 Å². The van der Waals surface area contributed by atoms with Crippen LogP contribution in [-0.2, 0) is 6.61 Å². The fourth-order valence-corrected chi connectivity index (χ4v) is 1.69. The number of anilines is 1. The second kappa shape index (κ2) is 5.56. The summed E-state index contributed by atoms with van der Waals surface area (Å²) >= 11 is 0. The van der Waals surface area contributed by atoms with Crippen molar-refractivity contribution < 1.29 is 23.4 Å². The number of ether oxygens (including phenoxy) is 1. The monoisotopic (exact) mass is 279 g/mol. The first-order valence-corrected chi connectivity index (χ1v) is 5.66. The average Bonchev–Trinajstić information content (AvgIpc) is 2.35. The number of nitrogen functional groups attached to an aromatic ring is 1. The van der Waals surface area contributed by atoms with Crippen LogP contribution in [0.5, 0.6) is 5.75 Å². The van der Waals surface area contributed by atoms with E-state index in [9.17, 15) is 13.6 Å². The minimum absolute atomic E-state index is 0.0437. The van der Waals surface area contributed by atoms with Crippen LogP contribution in [0.1, 0.15) is 15.9 Å². The van der Waals surface area contributed by atoms with Crippen molar-refractivity contribution in [2.24, 2.45) is 0 Å². The number of halogens is 2. The second-order valence-corrected chi connectivity index (χ2v) is 4.13. The molecule has 4 nitrogen and oxygen atoms in total. The van der Waals surface area contributed by atoms with Gasteiger partial charge in [-0.3, -0.25) is 0 Å². The first kappa shape index (κ1) is 13.8. The van der Waals surface area contributed by atoms with Gasteiger partial charge in [0.25, 0.3) is 0 Å². The lowest BCUT2D eigenvalue weighted by atomic mass is 10.2. The van der Waals surface area contributed by atoms with E-state index in [1.165, 1.54) is 18.2 Å². The molecule has 0 fully saturated rings. The van der Waals surface area contributed by atoms with Crippen LogP contribution in [0.4, 0.5) is 14.5 Å². The van der Waals surface area contributed by atoms with Crippen molar-refractivity contribution >= 4 is 11.7 Å². The summed E-state index contributed by atoms with van der Waals surface area (Å²) in [6.07, 6.45) is 0. The molecule has 0 spiro atoms. The van der Waals surface area contributed by atoms with Crippen molar-refractivity contribution in [2.75, 3.05) is 5.73 Å². The molecule has 0 radical (unpaired) electrons. The highest BCUT2D eigenvalue weighted by atomic mass is 19.1. The van der Waals surface area contributed by atoms with E-state index in [0.717, 1.165) is 18.2 Å². The van der Waals surface area contributed by atoms with Crippen LogP contribution in [0.25, 0.3) is 0 Å². The fourth-order valence-electron chi connectivity index (χ4n) is 1.69. The van der Waals surface area contributed by atoms with Gasteiger partial charge in [0, 0.05) is 17.8 Å². The molecule has 2 aromatic rings. The van der Waals surface area contributed by atoms with Crippen LogP contribution in [0.2, 0.25) is 0 Å². The van der Waals surface area contributed by atoms with Crippen molar-refractivity contribution in [3.63, 3.8) is 0 Å². The second-order valence-electron chi connectivity index (χ2n) is 4.13. The van der Waals surface area contributed by atoms with E-state index < -0.39 is 17.6 Å². The van der Waals surface area contributed by atoms with Crippen molar-refractivity contribution in [2.45, 2.75) is 6.61 Å². The number of hydrogen-bond acceptors (Lipinski definition) is 3. The van der Waals surface area contributed by atoms with Gasteiger partial charge in [0.2, 0.25) is 0 Å². The van der Waals surface area contributed by atoms with Crippen molar-refractivity contribution in [3.05, 3.63) is 59.2 Å². The summed E-state index contributed by atoms with van der Waals surface area (Å²) in [4.78, 5) is 11.0. The molecule has 0 saturated carbocycles. The Labute approximate surface area is 113 Å². The van der Waals surface area contributed by atoms with Gasteiger partial charge in [0.1, 0.15) is 29.6 Å². The highest BCUT2D eigenvalue weighted by Crippen LogP contribution is 2.23. The molecular weight excluding hydrogens is 268 g/mol. The molecule has 0 aliphatic heterocycles. The van der Waals surface area contributed by atoms with Gasteiger partial charge in [-0.2, -0.15) is 0 Å².